The zero-order valence-corrected chi connectivity index (χ0v) is 16.8. The van der Waals surface area contributed by atoms with E-state index in [0.29, 0.717) is 31.1 Å². The number of nitrogens with zero attached hydrogens (tertiary/aromatic N) is 4. The summed E-state index contributed by atoms with van der Waals surface area (Å²) in [4.78, 5) is 36.1. The number of piperidine rings is 1. The van der Waals surface area contributed by atoms with E-state index >= 15 is 0 Å². The Balaban J connectivity index is 1.45. The highest BCUT2D eigenvalue weighted by molar-refractivity contribution is 5.93. The molecular weight excluding hydrogens is 378 g/mol. The summed E-state index contributed by atoms with van der Waals surface area (Å²) in [6, 6.07) is 13.8. The van der Waals surface area contributed by atoms with Crippen LogP contribution in [0.15, 0.2) is 59.7 Å². The highest BCUT2D eigenvalue weighted by Gasteiger charge is 2.37. The first-order chi connectivity index (χ1) is 14.6. The lowest BCUT2D eigenvalue weighted by Crippen LogP contribution is -2.49. The van der Waals surface area contributed by atoms with Gasteiger partial charge in [0.1, 0.15) is 0 Å². The van der Waals surface area contributed by atoms with Crippen molar-refractivity contribution in [1.82, 2.24) is 19.4 Å². The normalized spacial score (nSPS) is 19.8. The smallest absolute Gasteiger partial charge is 0.257 e. The van der Waals surface area contributed by atoms with Gasteiger partial charge in [-0.25, -0.2) is 9.97 Å². The van der Waals surface area contributed by atoms with E-state index in [1.165, 1.54) is 0 Å². The molecule has 0 spiro atoms. The van der Waals surface area contributed by atoms with Crippen molar-refractivity contribution in [3.8, 4) is 11.1 Å². The highest BCUT2D eigenvalue weighted by Crippen LogP contribution is 2.37. The van der Waals surface area contributed by atoms with Crippen LogP contribution in [0.25, 0.3) is 11.1 Å². The number of likely N-dealkylation sites (tertiary alicyclic amines) is 1. The molecule has 0 aliphatic carbocycles. The standard InChI is InChI=1S/C23H23N5O2/c1-24-23-25-10-19(11-26-23)22(30)27-12-15-7-18(14-27)20-8-17(9-21(29)28(20)13-15)16-5-3-2-4-6-16/h2-6,8-11,15,18H,7,12-14H2,1H3,(H,24,25,26)/t15-,18+/m0/s1. The van der Waals surface area contributed by atoms with E-state index in [4.69, 9.17) is 0 Å². The van der Waals surface area contributed by atoms with Crippen LogP contribution in [0.4, 0.5) is 5.95 Å². The van der Waals surface area contributed by atoms with Gasteiger partial charge in [0.25, 0.3) is 11.5 Å². The molecule has 1 N–H and O–H groups in total. The molecule has 152 valence electrons. The third-order valence-corrected chi connectivity index (χ3v) is 6.07. The molecule has 4 heterocycles. The Hall–Kier alpha value is -3.48. The minimum Gasteiger partial charge on any atom is -0.357 e. The lowest BCUT2D eigenvalue weighted by Gasteiger charge is -2.43. The lowest BCUT2D eigenvalue weighted by molar-refractivity contribution is 0.0594. The quantitative estimate of drug-likeness (QED) is 0.730. The Labute approximate surface area is 174 Å². The average molecular weight is 401 g/mol. The molecule has 0 radical (unpaired) electrons. The van der Waals surface area contributed by atoms with E-state index in [2.05, 4.69) is 21.4 Å². The molecule has 2 atom stereocenters. The average Bonchev–Trinajstić information content (AvgIpc) is 2.79. The summed E-state index contributed by atoms with van der Waals surface area (Å²) in [5.41, 5.74) is 3.52. The van der Waals surface area contributed by atoms with E-state index in [9.17, 15) is 9.59 Å². The second-order valence-electron chi connectivity index (χ2n) is 8.04. The maximum atomic E-state index is 13.1. The number of carbonyl (C=O) groups excluding carboxylic acids is 1. The molecule has 1 saturated heterocycles. The molecule has 5 rings (SSSR count). The predicted octanol–water partition coefficient (Wildman–Crippen LogP) is 2.61. The van der Waals surface area contributed by atoms with Gasteiger partial charge in [0.15, 0.2) is 0 Å². The second kappa shape index (κ2) is 7.40. The summed E-state index contributed by atoms with van der Waals surface area (Å²) in [6.07, 6.45) is 4.13. The molecule has 2 bridgehead atoms. The number of carbonyl (C=O) groups is 1. The molecule has 1 aromatic carbocycles. The third kappa shape index (κ3) is 3.26. The van der Waals surface area contributed by atoms with Crippen molar-refractivity contribution in [2.75, 3.05) is 25.5 Å². The van der Waals surface area contributed by atoms with Crippen molar-refractivity contribution in [2.45, 2.75) is 18.9 Å². The van der Waals surface area contributed by atoms with Gasteiger partial charge < -0.3 is 14.8 Å². The summed E-state index contributed by atoms with van der Waals surface area (Å²) in [6.45, 7) is 1.90. The molecule has 0 unspecified atom stereocenters. The SMILES string of the molecule is CNc1ncc(C(=O)N2C[C@@H]3C[C@H](C2)c2cc(-c4ccccc4)cc(=O)n2C3)cn1. The first-order valence-corrected chi connectivity index (χ1v) is 10.2. The van der Waals surface area contributed by atoms with Gasteiger partial charge in [0, 0.05) is 56.8 Å². The monoisotopic (exact) mass is 401 g/mol. The molecule has 1 amide bonds. The zero-order chi connectivity index (χ0) is 20.7. The van der Waals surface area contributed by atoms with Gasteiger partial charge in [0.2, 0.25) is 5.95 Å². The van der Waals surface area contributed by atoms with E-state index in [1.54, 1.807) is 25.5 Å². The number of nitrogens with one attached hydrogen (secondary N) is 1. The Morgan fingerprint density at radius 3 is 2.53 bits per heavy atom. The number of benzene rings is 1. The summed E-state index contributed by atoms with van der Waals surface area (Å²) in [5.74, 6) is 0.861. The van der Waals surface area contributed by atoms with Crippen LogP contribution in [0.5, 0.6) is 0 Å². The molecule has 1 fully saturated rings. The van der Waals surface area contributed by atoms with Gasteiger partial charge in [0.05, 0.1) is 5.56 Å². The van der Waals surface area contributed by atoms with E-state index in [1.807, 2.05) is 39.8 Å². The zero-order valence-electron chi connectivity index (χ0n) is 16.8. The van der Waals surface area contributed by atoms with Crippen LogP contribution < -0.4 is 10.9 Å². The Morgan fingerprint density at radius 2 is 1.80 bits per heavy atom. The minimum absolute atomic E-state index is 0.0388. The van der Waals surface area contributed by atoms with Crippen molar-refractivity contribution >= 4 is 11.9 Å². The summed E-state index contributed by atoms with van der Waals surface area (Å²) < 4.78 is 1.90. The Kier molecular flexibility index (Phi) is 4.58. The molecule has 7 nitrogen and oxygen atoms in total. The summed E-state index contributed by atoms with van der Waals surface area (Å²) >= 11 is 0. The summed E-state index contributed by atoms with van der Waals surface area (Å²) in [7, 11) is 1.74. The highest BCUT2D eigenvalue weighted by atomic mass is 16.2. The van der Waals surface area contributed by atoms with Crippen LogP contribution in [0.2, 0.25) is 0 Å². The van der Waals surface area contributed by atoms with Gasteiger partial charge in [-0.1, -0.05) is 30.3 Å². The molecule has 2 aliphatic rings. The number of rotatable bonds is 3. The fourth-order valence-electron chi connectivity index (χ4n) is 4.67. The molecule has 7 heteroatoms. The van der Waals surface area contributed by atoms with Crippen LogP contribution in [-0.2, 0) is 6.54 Å². The maximum Gasteiger partial charge on any atom is 0.257 e. The third-order valence-electron chi connectivity index (χ3n) is 6.07. The topological polar surface area (TPSA) is 80.1 Å². The number of hydrogen-bond acceptors (Lipinski definition) is 5. The van der Waals surface area contributed by atoms with Crippen molar-refractivity contribution in [3.63, 3.8) is 0 Å². The molecule has 3 aromatic rings. The largest absolute Gasteiger partial charge is 0.357 e. The van der Waals surface area contributed by atoms with Crippen LogP contribution in [0, 0.1) is 5.92 Å². The van der Waals surface area contributed by atoms with Crippen LogP contribution in [-0.4, -0.2) is 45.5 Å². The fourth-order valence-corrected chi connectivity index (χ4v) is 4.67. The van der Waals surface area contributed by atoms with Gasteiger partial charge in [-0.3, -0.25) is 9.59 Å². The Bertz CT molecular complexity index is 1140. The van der Waals surface area contributed by atoms with E-state index in [0.717, 1.165) is 23.2 Å². The molecular formula is C23H23N5O2. The van der Waals surface area contributed by atoms with Crippen molar-refractivity contribution in [1.29, 1.82) is 0 Å². The maximum absolute atomic E-state index is 13.1. The molecule has 2 aliphatic heterocycles. The molecule has 2 aromatic heterocycles. The van der Waals surface area contributed by atoms with Crippen molar-refractivity contribution in [3.05, 3.63) is 76.5 Å². The van der Waals surface area contributed by atoms with Gasteiger partial charge in [-0.15, -0.1) is 0 Å². The van der Waals surface area contributed by atoms with Gasteiger partial charge >= 0.3 is 0 Å². The lowest BCUT2D eigenvalue weighted by atomic mass is 9.82. The first kappa shape index (κ1) is 18.5. The first-order valence-electron chi connectivity index (χ1n) is 10.2. The number of amides is 1. The van der Waals surface area contributed by atoms with Crippen LogP contribution in [0.3, 0.4) is 0 Å². The minimum atomic E-state index is -0.0534. The van der Waals surface area contributed by atoms with E-state index in [-0.39, 0.29) is 23.3 Å². The molecule has 30 heavy (non-hydrogen) atoms. The van der Waals surface area contributed by atoms with Gasteiger partial charge in [-0.05, 0) is 29.5 Å². The van der Waals surface area contributed by atoms with Crippen molar-refractivity contribution < 1.29 is 4.79 Å². The summed E-state index contributed by atoms with van der Waals surface area (Å²) in [5, 5.41) is 2.86. The number of hydrogen-bond donors (Lipinski definition) is 1. The van der Waals surface area contributed by atoms with Crippen LogP contribution >= 0.6 is 0 Å². The number of anilines is 1. The predicted molar refractivity (Wildman–Crippen MR) is 114 cm³/mol. The number of pyridine rings is 1. The van der Waals surface area contributed by atoms with E-state index < -0.39 is 0 Å². The van der Waals surface area contributed by atoms with Crippen molar-refractivity contribution in [2.24, 2.45) is 5.92 Å². The Morgan fingerprint density at radius 1 is 1.03 bits per heavy atom. The van der Waals surface area contributed by atoms with Gasteiger partial charge in [-0.2, -0.15) is 0 Å². The van der Waals surface area contributed by atoms with Crippen LogP contribution in [0.1, 0.15) is 28.4 Å². The second-order valence-corrected chi connectivity index (χ2v) is 8.04. The number of aromatic nitrogens is 3. The fraction of sp³-hybridized carbons (Fsp3) is 0.304. The molecule has 0 saturated carbocycles. The number of fused-ring (bicyclic) bond motifs is 4.